The Morgan fingerprint density at radius 1 is 0.800 bits per heavy atom. The van der Waals surface area contributed by atoms with Gasteiger partial charge in [0.2, 0.25) is 0 Å². The summed E-state index contributed by atoms with van der Waals surface area (Å²) in [6.45, 7) is 12.1. The predicted molar refractivity (Wildman–Crippen MR) is 92.8 cm³/mol. The molecule has 20 heavy (non-hydrogen) atoms. The fourth-order valence-corrected chi connectivity index (χ4v) is 3.31. The number of hydrogen-bond donors (Lipinski definition) is 0. The summed E-state index contributed by atoms with van der Waals surface area (Å²) in [5, 5.41) is 0.449. The van der Waals surface area contributed by atoms with E-state index in [1.54, 1.807) is 0 Å². The van der Waals surface area contributed by atoms with Gasteiger partial charge in [0.25, 0.3) is 0 Å². The lowest BCUT2D eigenvalue weighted by atomic mass is 9.90. The van der Waals surface area contributed by atoms with Crippen LogP contribution in [-0.4, -0.2) is 39.5 Å². The zero-order chi connectivity index (χ0) is 15.2. The number of rotatable bonds is 10. The summed E-state index contributed by atoms with van der Waals surface area (Å²) in [7, 11) is 6.10. The van der Waals surface area contributed by atoms with E-state index >= 15 is 0 Å². The molecule has 0 saturated carbocycles. The van der Waals surface area contributed by atoms with Gasteiger partial charge in [-0.05, 0) is 34.1 Å². The van der Waals surface area contributed by atoms with Crippen LogP contribution in [-0.2, 0) is 0 Å². The Morgan fingerprint density at radius 2 is 1.20 bits per heavy atom. The topological polar surface area (TPSA) is 0 Å². The van der Waals surface area contributed by atoms with Crippen LogP contribution < -0.4 is 12.4 Å². The second kappa shape index (κ2) is 9.48. The first-order valence-electron chi connectivity index (χ1n) is 8.40. The van der Waals surface area contributed by atoms with E-state index in [-0.39, 0.29) is 12.4 Å². The summed E-state index contributed by atoms with van der Waals surface area (Å²) >= 11 is 0. The average Bonchev–Trinajstić information content (AvgIpc) is 2.26. The van der Waals surface area contributed by atoms with Crippen LogP contribution in [0, 0.1) is 0 Å². The molecule has 0 radical (unpaired) electrons. The molecule has 124 valence electrons. The van der Waals surface area contributed by atoms with Crippen molar-refractivity contribution in [1.82, 2.24) is 0 Å². The summed E-state index contributed by atoms with van der Waals surface area (Å²) in [5.41, 5.74) is 0.397. The maximum atomic E-state index is 2.46. The highest BCUT2D eigenvalue weighted by molar-refractivity contribution is 6.13. The molecule has 0 aliphatic carbocycles. The lowest BCUT2D eigenvalue weighted by Crippen LogP contribution is -3.00. The fourth-order valence-electron chi connectivity index (χ4n) is 2.70. The standard InChI is InChI=1S/C17H40NSi.ClH/c1-8-9-10-11-12-13-14-15-16(2,3)18(6,7)17(4,5)19;/h8-15H2,1-7,19H3;1H/q+1;/p-1. The predicted octanol–water partition coefficient (Wildman–Crippen LogP) is 1.09. The van der Waals surface area contributed by atoms with Gasteiger partial charge in [-0.15, -0.1) is 0 Å². The second-order valence-electron chi connectivity index (χ2n) is 8.31. The van der Waals surface area contributed by atoms with Crippen LogP contribution in [0.5, 0.6) is 0 Å². The molecule has 0 unspecified atom stereocenters. The quantitative estimate of drug-likeness (QED) is 0.321. The van der Waals surface area contributed by atoms with Gasteiger partial charge in [0, 0.05) is 6.42 Å². The third-order valence-corrected chi connectivity index (χ3v) is 6.70. The molecular formula is C17H40ClNSi. The van der Waals surface area contributed by atoms with Crippen LogP contribution in [0.15, 0.2) is 0 Å². The van der Waals surface area contributed by atoms with Gasteiger partial charge in [-0.25, -0.2) is 0 Å². The van der Waals surface area contributed by atoms with Gasteiger partial charge in [-0.3, -0.25) is 0 Å². The van der Waals surface area contributed by atoms with Gasteiger partial charge in [0.1, 0.15) is 0 Å². The van der Waals surface area contributed by atoms with Gasteiger partial charge >= 0.3 is 0 Å². The molecule has 0 aliphatic heterocycles. The van der Waals surface area contributed by atoms with Crippen LogP contribution in [0.4, 0.5) is 0 Å². The first kappa shape index (κ1) is 22.7. The number of halogens is 1. The van der Waals surface area contributed by atoms with Crippen molar-refractivity contribution in [3.63, 3.8) is 0 Å². The van der Waals surface area contributed by atoms with E-state index in [4.69, 9.17) is 0 Å². The summed E-state index contributed by atoms with van der Waals surface area (Å²) < 4.78 is 1.15. The zero-order valence-electron chi connectivity index (χ0n) is 15.5. The summed E-state index contributed by atoms with van der Waals surface area (Å²) in [5.74, 6) is 0. The van der Waals surface area contributed by atoms with E-state index in [0.717, 1.165) is 4.48 Å². The number of unbranched alkanes of at least 4 members (excludes halogenated alkanes) is 6. The molecule has 3 heteroatoms. The number of nitrogens with zero attached hydrogens (tertiary/aromatic N) is 1. The molecule has 0 spiro atoms. The zero-order valence-corrected chi connectivity index (χ0v) is 18.2. The smallest absolute Gasteiger partial charge is 0.0932 e. The van der Waals surface area contributed by atoms with Crippen molar-refractivity contribution in [3.8, 4) is 0 Å². The van der Waals surface area contributed by atoms with Gasteiger partial charge in [-0.2, -0.15) is 0 Å². The molecule has 0 amide bonds. The molecular weight excluding hydrogens is 282 g/mol. The molecule has 0 aromatic rings. The maximum absolute atomic E-state index is 2.46. The minimum absolute atomic E-state index is 0. The minimum Gasteiger partial charge on any atom is -1.00 e. The van der Waals surface area contributed by atoms with Crippen molar-refractivity contribution in [2.24, 2.45) is 0 Å². The highest BCUT2D eigenvalue weighted by Crippen LogP contribution is 2.33. The van der Waals surface area contributed by atoms with Crippen LogP contribution in [0.25, 0.3) is 0 Å². The highest BCUT2D eigenvalue weighted by atomic mass is 35.5. The van der Waals surface area contributed by atoms with Crippen LogP contribution in [0.3, 0.4) is 0 Å². The van der Waals surface area contributed by atoms with Crippen molar-refractivity contribution < 1.29 is 16.9 Å². The Kier molecular flexibility index (Phi) is 10.8. The van der Waals surface area contributed by atoms with Crippen molar-refractivity contribution in [3.05, 3.63) is 0 Å². The Balaban J connectivity index is 0. The van der Waals surface area contributed by atoms with E-state index in [2.05, 4.69) is 48.7 Å². The molecule has 0 aliphatic rings. The molecule has 0 aromatic heterocycles. The third-order valence-electron chi connectivity index (χ3n) is 5.58. The van der Waals surface area contributed by atoms with E-state index in [1.807, 2.05) is 0 Å². The molecule has 0 N–H and O–H groups in total. The van der Waals surface area contributed by atoms with Gasteiger partial charge in [0.05, 0.1) is 35.0 Å². The molecule has 0 aromatic carbocycles. The Morgan fingerprint density at radius 3 is 1.60 bits per heavy atom. The molecule has 0 saturated heterocycles. The molecule has 0 bridgehead atoms. The van der Waals surface area contributed by atoms with Gasteiger partial charge in [-0.1, -0.05) is 45.4 Å². The van der Waals surface area contributed by atoms with E-state index in [9.17, 15) is 0 Å². The Hall–Kier alpha value is 0.467. The number of quaternary nitrogens is 1. The lowest BCUT2D eigenvalue weighted by molar-refractivity contribution is -0.968. The third kappa shape index (κ3) is 6.95. The van der Waals surface area contributed by atoms with Crippen molar-refractivity contribution >= 4 is 10.2 Å². The SMILES string of the molecule is CCCCCCCCCC(C)(C)[N+](C)(C)C(C)(C)[SiH3].[Cl-]. The molecule has 0 atom stereocenters. The van der Waals surface area contributed by atoms with Crippen LogP contribution in [0.2, 0.25) is 0 Å². The second-order valence-corrected chi connectivity index (χ2v) is 10.8. The summed E-state index contributed by atoms with van der Waals surface area (Å²) in [6.07, 6.45) is 11.3. The van der Waals surface area contributed by atoms with Crippen molar-refractivity contribution in [2.45, 2.75) is 96.7 Å². The summed E-state index contributed by atoms with van der Waals surface area (Å²) in [4.78, 5) is 0. The molecule has 0 fully saturated rings. The first-order chi connectivity index (χ1) is 8.56. The largest absolute Gasteiger partial charge is 1.00 e. The fraction of sp³-hybridized carbons (Fsp3) is 1.00. The average molecular weight is 322 g/mol. The normalized spacial score (nSPS) is 13.3. The molecule has 0 heterocycles. The molecule has 1 nitrogen and oxygen atoms in total. The monoisotopic (exact) mass is 321 g/mol. The number of hydrogen-bond acceptors (Lipinski definition) is 0. The minimum atomic E-state index is 0. The summed E-state index contributed by atoms with van der Waals surface area (Å²) in [6, 6.07) is 0. The van der Waals surface area contributed by atoms with E-state index < -0.39 is 0 Å². The maximum Gasteiger partial charge on any atom is 0.0932 e. The van der Waals surface area contributed by atoms with E-state index in [0.29, 0.717) is 10.7 Å². The molecule has 0 rings (SSSR count). The Bertz CT molecular complexity index is 244. The first-order valence-corrected chi connectivity index (χ1v) is 9.40. The van der Waals surface area contributed by atoms with E-state index in [1.165, 1.54) is 61.6 Å². The highest BCUT2D eigenvalue weighted by Gasteiger charge is 2.43. The van der Waals surface area contributed by atoms with Crippen molar-refractivity contribution in [2.75, 3.05) is 14.1 Å². The van der Waals surface area contributed by atoms with Crippen molar-refractivity contribution in [1.29, 1.82) is 0 Å². The van der Waals surface area contributed by atoms with Crippen LogP contribution in [0.1, 0.15) is 86.0 Å². The Labute approximate surface area is 138 Å². The van der Waals surface area contributed by atoms with Crippen LogP contribution >= 0.6 is 0 Å². The van der Waals surface area contributed by atoms with Gasteiger partial charge < -0.3 is 16.9 Å². The lowest BCUT2D eigenvalue weighted by Gasteiger charge is -2.53. The van der Waals surface area contributed by atoms with Gasteiger partial charge in [0.15, 0.2) is 0 Å².